The summed E-state index contributed by atoms with van der Waals surface area (Å²) in [6.45, 7) is 3.23. The Balaban J connectivity index is 2.51. The molecule has 0 aromatic heterocycles. The molecule has 0 spiro atoms. The lowest BCUT2D eigenvalue weighted by Gasteiger charge is -2.41. The minimum atomic E-state index is -1.24. The highest BCUT2D eigenvalue weighted by molar-refractivity contribution is 6.30. The van der Waals surface area contributed by atoms with Crippen LogP contribution in [0.1, 0.15) is 25.5 Å². The second-order valence-electron chi connectivity index (χ2n) is 5.08. The second-order valence-corrected chi connectivity index (χ2v) is 5.49. The first-order valence-electron chi connectivity index (χ1n) is 6.43. The van der Waals surface area contributed by atoms with E-state index in [9.17, 15) is 19.1 Å². The van der Waals surface area contributed by atoms with Crippen molar-refractivity contribution in [2.24, 2.45) is 0 Å². The molecule has 1 heterocycles. The lowest BCUT2D eigenvalue weighted by Crippen LogP contribution is -2.54. The summed E-state index contributed by atoms with van der Waals surface area (Å²) in [5, 5.41) is 9.23. The van der Waals surface area contributed by atoms with Crippen LogP contribution < -0.4 is 0 Å². The van der Waals surface area contributed by atoms with E-state index < -0.39 is 23.9 Å². The third-order valence-electron chi connectivity index (χ3n) is 3.35. The van der Waals surface area contributed by atoms with Crippen molar-refractivity contribution < 1.29 is 23.8 Å². The maximum Gasteiger partial charge on any atom is 0.335 e. The van der Waals surface area contributed by atoms with Crippen LogP contribution in [-0.2, 0) is 14.3 Å². The number of benzene rings is 1. The van der Waals surface area contributed by atoms with E-state index in [1.54, 1.807) is 13.8 Å². The van der Waals surface area contributed by atoms with Crippen LogP contribution in [0.5, 0.6) is 0 Å². The monoisotopic (exact) mass is 315 g/mol. The Morgan fingerprint density at radius 1 is 1.52 bits per heavy atom. The number of carbonyl (C=O) groups excluding carboxylic acids is 1. The largest absolute Gasteiger partial charge is 0.479 e. The molecule has 1 aliphatic rings. The Hall–Kier alpha value is -1.66. The number of carboxylic acid groups (broad SMARTS) is 1. The lowest BCUT2D eigenvalue weighted by atomic mass is 9.96. The Kier molecular flexibility index (Phi) is 4.49. The van der Waals surface area contributed by atoms with Gasteiger partial charge in [-0.2, -0.15) is 0 Å². The lowest BCUT2D eigenvalue weighted by molar-refractivity contribution is -0.175. The fourth-order valence-corrected chi connectivity index (χ4v) is 2.59. The summed E-state index contributed by atoms with van der Waals surface area (Å²) in [6.07, 6.45) is -1.24. The third kappa shape index (κ3) is 3.01. The van der Waals surface area contributed by atoms with E-state index in [1.807, 2.05) is 0 Å². The Bertz CT molecular complexity index is 578. The minimum Gasteiger partial charge on any atom is -0.479 e. The van der Waals surface area contributed by atoms with Crippen LogP contribution in [-0.4, -0.2) is 40.6 Å². The molecule has 1 amide bonds. The fourth-order valence-electron chi connectivity index (χ4n) is 2.48. The molecule has 1 aliphatic heterocycles. The van der Waals surface area contributed by atoms with Gasteiger partial charge in [0, 0.05) is 6.04 Å². The van der Waals surface area contributed by atoms with Crippen molar-refractivity contribution in [2.75, 3.05) is 6.61 Å². The molecule has 1 aromatic carbocycles. The number of halogens is 2. The van der Waals surface area contributed by atoms with Crippen LogP contribution in [0.2, 0.25) is 5.02 Å². The van der Waals surface area contributed by atoms with Gasteiger partial charge in [0.15, 0.2) is 6.10 Å². The van der Waals surface area contributed by atoms with Gasteiger partial charge in [-0.3, -0.25) is 4.79 Å². The number of ether oxygens (including phenoxy) is 1. The SMILES string of the molecule is CC(C)N1C(=O)COC(C(=O)O)C1c1ccc(Cl)c(F)c1. The maximum atomic E-state index is 13.7. The van der Waals surface area contributed by atoms with Crippen LogP contribution in [0.3, 0.4) is 0 Å². The average molecular weight is 316 g/mol. The number of nitrogens with zero attached hydrogens (tertiary/aromatic N) is 1. The van der Waals surface area contributed by atoms with Crippen molar-refractivity contribution in [2.45, 2.75) is 32.0 Å². The maximum absolute atomic E-state index is 13.7. The minimum absolute atomic E-state index is 0.0650. The molecule has 0 radical (unpaired) electrons. The summed E-state index contributed by atoms with van der Waals surface area (Å²) in [6, 6.07) is 2.84. The third-order valence-corrected chi connectivity index (χ3v) is 3.65. The van der Waals surface area contributed by atoms with Gasteiger partial charge < -0.3 is 14.7 Å². The molecule has 2 unspecified atom stereocenters. The van der Waals surface area contributed by atoms with Gasteiger partial charge in [-0.1, -0.05) is 17.7 Å². The van der Waals surface area contributed by atoms with E-state index >= 15 is 0 Å². The Morgan fingerprint density at radius 2 is 2.19 bits per heavy atom. The van der Waals surface area contributed by atoms with Crippen molar-refractivity contribution in [1.29, 1.82) is 0 Å². The Labute approximate surface area is 126 Å². The van der Waals surface area contributed by atoms with E-state index in [1.165, 1.54) is 17.0 Å². The molecule has 2 rings (SSSR count). The van der Waals surface area contributed by atoms with Crippen LogP contribution in [0, 0.1) is 5.82 Å². The van der Waals surface area contributed by atoms with E-state index in [4.69, 9.17) is 16.3 Å². The number of carbonyl (C=O) groups is 2. The highest BCUT2D eigenvalue weighted by Crippen LogP contribution is 2.33. The van der Waals surface area contributed by atoms with Gasteiger partial charge in [-0.05, 0) is 31.5 Å². The standard InChI is InChI=1S/C14H15ClFNO4/c1-7(2)17-11(18)6-21-13(14(19)20)12(17)8-3-4-9(15)10(16)5-8/h3-5,7,12-13H,6H2,1-2H3,(H,19,20). The molecule has 1 fully saturated rings. The molecule has 21 heavy (non-hydrogen) atoms. The first kappa shape index (κ1) is 15.7. The van der Waals surface area contributed by atoms with Crippen molar-refractivity contribution in [3.8, 4) is 0 Å². The zero-order valence-electron chi connectivity index (χ0n) is 11.5. The molecule has 1 aromatic rings. The van der Waals surface area contributed by atoms with Gasteiger partial charge in [0.05, 0.1) is 11.1 Å². The van der Waals surface area contributed by atoms with Crippen LogP contribution >= 0.6 is 11.6 Å². The quantitative estimate of drug-likeness (QED) is 0.929. The molecule has 1 saturated heterocycles. The summed E-state index contributed by atoms with van der Waals surface area (Å²) < 4.78 is 18.8. The van der Waals surface area contributed by atoms with E-state index in [0.29, 0.717) is 5.56 Å². The predicted molar refractivity (Wildman–Crippen MR) is 73.5 cm³/mol. The first-order chi connectivity index (χ1) is 9.82. The highest BCUT2D eigenvalue weighted by atomic mass is 35.5. The molecule has 5 nitrogen and oxygen atoms in total. The van der Waals surface area contributed by atoms with Gasteiger partial charge in [-0.15, -0.1) is 0 Å². The molecular weight excluding hydrogens is 301 g/mol. The number of hydrogen-bond acceptors (Lipinski definition) is 3. The predicted octanol–water partition coefficient (Wildman–Crippen LogP) is 2.24. The number of hydrogen-bond donors (Lipinski definition) is 1. The van der Waals surface area contributed by atoms with Crippen molar-refractivity contribution in [3.63, 3.8) is 0 Å². The zero-order valence-corrected chi connectivity index (χ0v) is 12.3. The molecule has 2 atom stereocenters. The number of rotatable bonds is 3. The summed E-state index contributed by atoms with van der Waals surface area (Å²) in [7, 11) is 0. The first-order valence-corrected chi connectivity index (χ1v) is 6.81. The van der Waals surface area contributed by atoms with E-state index in [0.717, 1.165) is 6.07 Å². The second kappa shape index (κ2) is 5.99. The molecule has 0 saturated carbocycles. The summed E-state index contributed by atoms with van der Waals surface area (Å²) in [4.78, 5) is 24.8. The molecule has 0 aliphatic carbocycles. The highest BCUT2D eigenvalue weighted by Gasteiger charge is 2.43. The summed E-state index contributed by atoms with van der Waals surface area (Å²) in [5.41, 5.74) is 0.339. The van der Waals surface area contributed by atoms with Crippen LogP contribution in [0.15, 0.2) is 18.2 Å². The summed E-state index contributed by atoms with van der Waals surface area (Å²) in [5.74, 6) is -2.20. The van der Waals surface area contributed by atoms with E-state index in [-0.39, 0.29) is 23.6 Å². The molecule has 7 heteroatoms. The van der Waals surface area contributed by atoms with Gasteiger partial charge in [-0.25, -0.2) is 9.18 Å². The fraction of sp³-hybridized carbons (Fsp3) is 0.429. The van der Waals surface area contributed by atoms with Gasteiger partial charge in [0.2, 0.25) is 5.91 Å². The van der Waals surface area contributed by atoms with Gasteiger partial charge in [0.25, 0.3) is 0 Å². The van der Waals surface area contributed by atoms with Gasteiger partial charge >= 0.3 is 5.97 Å². The molecule has 0 bridgehead atoms. The Morgan fingerprint density at radius 3 is 2.71 bits per heavy atom. The zero-order chi connectivity index (χ0) is 15.7. The molecular formula is C14H15ClFNO4. The number of aliphatic carboxylic acids is 1. The van der Waals surface area contributed by atoms with Gasteiger partial charge in [0.1, 0.15) is 12.4 Å². The van der Waals surface area contributed by atoms with Crippen molar-refractivity contribution >= 4 is 23.5 Å². The topological polar surface area (TPSA) is 66.8 Å². The van der Waals surface area contributed by atoms with Crippen LogP contribution in [0.25, 0.3) is 0 Å². The molecule has 114 valence electrons. The molecule has 1 N–H and O–H groups in total. The smallest absolute Gasteiger partial charge is 0.335 e. The van der Waals surface area contributed by atoms with Crippen LogP contribution in [0.4, 0.5) is 4.39 Å². The van der Waals surface area contributed by atoms with Crippen molar-refractivity contribution in [3.05, 3.63) is 34.6 Å². The normalized spacial score (nSPS) is 22.7. The van der Waals surface area contributed by atoms with E-state index in [2.05, 4.69) is 0 Å². The average Bonchev–Trinajstić information content (AvgIpc) is 2.40. The number of morpholine rings is 1. The number of amides is 1. The summed E-state index contributed by atoms with van der Waals surface area (Å²) >= 11 is 5.64. The van der Waals surface area contributed by atoms with Crippen molar-refractivity contribution in [1.82, 2.24) is 4.90 Å². The number of carboxylic acids is 1.